The number of benzene rings is 1. The highest BCUT2D eigenvalue weighted by Crippen LogP contribution is 2.20. The van der Waals surface area contributed by atoms with Gasteiger partial charge in [-0.25, -0.2) is 0 Å². The van der Waals surface area contributed by atoms with Gasteiger partial charge in [0.1, 0.15) is 0 Å². The molecule has 2 aromatic rings. The molecular formula is C12H11ClN6OS. The van der Waals surface area contributed by atoms with Crippen LogP contribution in [0, 0.1) is 11.3 Å². The Morgan fingerprint density at radius 2 is 2.38 bits per heavy atom. The van der Waals surface area contributed by atoms with Crippen LogP contribution >= 0.6 is 23.4 Å². The lowest BCUT2D eigenvalue weighted by atomic mass is 10.3. The first-order chi connectivity index (χ1) is 10.2. The molecule has 0 saturated heterocycles. The molecule has 1 aromatic heterocycles. The molecule has 2 rings (SSSR count). The van der Waals surface area contributed by atoms with Gasteiger partial charge in [-0.2, -0.15) is 9.94 Å². The second kappa shape index (κ2) is 7.61. The summed E-state index contributed by atoms with van der Waals surface area (Å²) in [6, 6.07) is 9.06. The number of hydrogen-bond donors (Lipinski definition) is 1. The number of carbonyl (C=O) groups is 1. The Hall–Kier alpha value is -2.11. The SMILES string of the molecule is N#CCCNC(=O)CSc1nnnn1-c1cccc(Cl)c1. The number of rotatable bonds is 6. The Morgan fingerprint density at radius 1 is 1.52 bits per heavy atom. The van der Waals surface area contributed by atoms with Crippen molar-refractivity contribution in [2.75, 3.05) is 12.3 Å². The first-order valence-corrected chi connectivity index (χ1v) is 7.38. The van der Waals surface area contributed by atoms with Gasteiger partial charge in [-0.1, -0.05) is 29.4 Å². The fourth-order valence-electron chi connectivity index (χ4n) is 1.48. The van der Waals surface area contributed by atoms with Gasteiger partial charge < -0.3 is 5.32 Å². The molecule has 7 nitrogen and oxygen atoms in total. The van der Waals surface area contributed by atoms with Crippen LogP contribution in [0.25, 0.3) is 5.69 Å². The number of amides is 1. The summed E-state index contributed by atoms with van der Waals surface area (Å²) in [6.45, 7) is 0.342. The van der Waals surface area contributed by atoms with Crippen LogP contribution in [-0.2, 0) is 4.79 Å². The predicted molar refractivity (Wildman–Crippen MR) is 78.1 cm³/mol. The van der Waals surface area contributed by atoms with Crippen LogP contribution in [0.2, 0.25) is 5.02 Å². The van der Waals surface area contributed by atoms with Crippen molar-refractivity contribution in [2.24, 2.45) is 0 Å². The lowest BCUT2D eigenvalue weighted by Gasteiger charge is -2.05. The van der Waals surface area contributed by atoms with Crippen molar-refractivity contribution < 1.29 is 4.79 Å². The van der Waals surface area contributed by atoms with Gasteiger partial charge in [-0.05, 0) is 28.6 Å². The predicted octanol–water partition coefficient (Wildman–Crippen LogP) is 1.44. The van der Waals surface area contributed by atoms with Crippen LogP contribution in [0.15, 0.2) is 29.4 Å². The van der Waals surface area contributed by atoms with Crippen LogP contribution in [0.4, 0.5) is 0 Å². The van der Waals surface area contributed by atoms with Crippen LogP contribution in [0.5, 0.6) is 0 Å². The number of tetrazole rings is 1. The molecule has 108 valence electrons. The summed E-state index contributed by atoms with van der Waals surface area (Å²) in [6.07, 6.45) is 0.288. The smallest absolute Gasteiger partial charge is 0.230 e. The van der Waals surface area contributed by atoms with Crippen molar-refractivity contribution in [1.29, 1.82) is 5.26 Å². The molecule has 0 radical (unpaired) electrons. The fourth-order valence-corrected chi connectivity index (χ4v) is 2.38. The maximum absolute atomic E-state index is 11.6. The van der Waals surface area contributed by atoms with Crippen molar-refractivity contribution in [3.8, 4) is 11.8 Å². The summed E-state index contributed by atoms with van der Waals surface area (Å²) in [7, 11) is 0. The first-order valence-electron chi connectivity index (χ1n) is 6.01. The zero-order valence-electron chi connectivity index (χ0n) is 10.9. The topological polar surface area (TPSA) is 96.5 Å². The average Bonchev–Trinajstić information content (AvgIpc) is 2.94. The third-order valence-corrected chi connectivity index (χ3v) is 3.54. The summed E-state index contributed by atoms with van der Waals surface area (Å²) in [5.41, 5.74) is 0.722. The molecule has 0 bridgehead atoms. The summed E-state index contributed by atoms with van der Waals surface area (Å²) in [4.78, 5) is 11.6. The second-order valence-corrected chi connectivity index (χ2v) is 5.28. The normalized spacial score (nSPS) is 10.1. The molecule has 0 spiro atoms. The van der Waals surface area contributed by atoms with Crippen molar-refractivity contribution >= 4 is 29.3 Å². The van der Waals surface area contributed by atoms with Gasteiger partial charge in [-0.15, -0.1) is 5.10 Å². The summed E-state index contributed by atoms with van der Waals surface area (Å²) in [5.74, 6) is 0.00252. The van der Waals surface area contributed by atoms with E-state index in [9.17, 15) is 4.79 Å². The van der Waals surface area contributed by atoms with Gasteiger partial charge in [0.15, 0.2) is 0 Å². The Morgan fingerprint density at radius 3 is 3.14 bits per heavy atom. The number of nitrogens with one attached hydrogen (secondary N) is 1. The summed E-state index contributed by atoms with van der Waals surface area (Å²) in [5, 5.41) is 23.5. The van der Waals surface area contributed by atoms with E-state index >= 15 is 0 Å². The fraction of sp³-hybridized carbons (Fsp3) is 0.250. The molecular weight excluding hydrogens is 312 g/mol. The molecule has 9 heteroatoms. The van der Waals surface area contributed by atoms with E-state index in [0.29, 0.717) is 16.7 Å². The van der Waals surface area contributed by atoms with Crippen LogP contribution < -0.4 is 5.32 Å². The maximum atomic E-state index is 11.6. The second-order valence-electron chi connectivity index (χ2n) is 3.90. The highest BCUT2D eigenvalue weighted by molar-refractivity contribution is 7.99. The highest BCUT2D eigenvalue weighted by Gasteiger charge is 2.11. The van der Waals surface area contributed by atoms with E-state index in [1.807, 2.05) is 12.1 Å². The Kier molecular flexibility index (Phi) is 5.54. The number of aromatic nitrogens is 4. The van der Waals surface area contributed by atoms with Gasteiger partial charge in [0, 0.05) is 11.6 Å². The van der Waals surface area contributed by atoms with Crippen molar-refractivity contribution in [3.05, 3.63) is 29.3 Å². The van der Waals surface area contributed by atoms with Gasteiger partial charge in [0.2, 0.25) is 11.1 Å². The van der Waals surface area contributed by atoms with E-state index in [2.05, 4.69) is 20.8 Å². The molecule has 1 heterocycles. The number of carbonyl (C=O) groups excluding carboxylic acids is 1. The highest BCUT2D eigenvalue weighted by atomic mass is 35.5. The minimum absolute atomic E-state index is 0.170. The Labute approximate surface area is 130 Å². The number of nitrogens with zero attached hydrogens (tertiary/aromatic N) is 5. The molecule has 0 fully saturated rings. The zero-order valence-corrected chi connectivity index (χ0v) is 12.4. The number of hydrogen-bond acceptors (Lipinski definition) is 6. The van der Waals surface area contributed by atoms with Crippen LogP contribution in [0.3, 0.4) is 0 Å². The van der Waals surface area contributed by atoms with Crippen molar-refractivity contribution in [3.63, 3.8) is 0 Å². The summed E-state index contributed by atoms with van der Waals surface area (Å²) < 4.78 is 1.51. The standard InChI is InChI=1S/C12H11ClN6OS/c13-9-3-1-4-10(7-9)19-12(16-17-18-19)21-8-11(20)15-6-2-5-14/h1,3-4,7H,2,6,8H2,(H,15,20). The molecule has 0 atom stereocenters. The lowest BCUT2D eigenvalue weighted by Crippen LogP contribution is -2.26. The third-order valence-electron chi connectivity index (χ3n) is 2.39. The largest absolute Gasteiger partial charge is 0.354 e. The van der Waals surface area contributed by atoms with Gasteiger partial charge in [0.05, 0.1) is 23.9 Å². The Bertz CT molecular complexity index is 668. The maximum Gasteiger partial charge on any atom is 0.230 e. The van der Waals surface area contributed by atoms with E-state index in [1.165, 1.54) is 16.4 Å². The van der Waals surface area contributed by atoms with E-state index < -0.39 is 0 Å². The molecule has 0 aliphatic carbocycles. The molecule has 1 aromatic carbocycles. The Balaban J connectivity index is 1.98. The van der Waals surface area contributed by atoms with E-state index in [4.69, 9.17) is 16.9 Å². The van der Waals surface area contributed by atoms with Gasteiger partial charge >= 0.3 is 0 Å². The number of halogens is 1. The van der Waals surface area contributed by atoms with Crippen molar-refractivity contribution in [2.45, 2.75) is 11.6 Å². The lowest BCUT2D eigenvalue weighted by molar-refractivity contribution is -0.118. The van der Waals surface area contributed by atoms with E-state index in [1.54, 1.807) is 18.2 Å². The molecule has 0 unspecified atom stereocenters. The van der Waals surface area contributed by atoms with Gasteiger partial charge in [0.25, 0.3) is 0 Å². The minimum Gasteiger partial charge on any atom is -0.354 e. The van der Waals surface area contributed by atoms with Gasteiger partial charge in [-0.3, -0.25) is 4.79 Å². The monoisotopic (exact) mass is 322 g/mol. The molecule has 0 saturated carbocycles. The first kappa shape index (κ1) is 15.3. The number of thioether (sulfide) groups is 1. The average molecular weight is 323 g/mol. The summed E-state index contributed by atoms with van der Waals surface area (Å²) >= 11 is 7.14. The minimum atomic E-state index is -0.170. The van der Waals surface area contributed by atoms with E-state index in [-0.39, 0.29) is 18.1 Å². The quantitative estimate of drug-likeness (QED) is 0.638. The van der Waals surface area contributed by atoms with Crippen molar-refractivity contribution in [1.82, 2.24) is 25.5 Å². The number of nitriles is 1. The van der Waals surface area contributed by atoms with Crippen LogP contribution in [-0.4, -0.2) is 38.4 Å². The van der Waals surface area contributed by atoms with Crippen LogP contribution in [0.1, 0.15) is 6.42 Å². The van der Waals surface area contributed by atoms with E-state index in [0.717, 1.165) is 5.69 Å². The third kappa shape index (κ3) is 4.44. The molecule has 0 aliphatic rings. The molecule has 21 heavy (non-hydrogen) atoms. The molecule has 1 amide bonds. The molecule has 0 aliphatic heterocycles. The molecule has 1 N–H and O–H groups in total. The zero-order chi connectivity index (χ0) is 15.1.